The molecule has 0 bridgehead atoms. The van der Waals surface area contributed by atoms with Gasteiger partial charge in [0.25, 0.3) is 0 Å². The molecule has 2 aromatic rings. The first-order chi connectivity index (χ1) is 7.35. The summed E-state index contributed by atoms with van der Waals surface area (Å²) in [6, 6.07) is 0. The van der Waals surface area contributed by atoms with Gasteiger partial charge in [-0.3, -0.25) is 0 Å². The van der Waals surface area contributed by atoms with Crippen molar-refractivity contribution in [1.82, 2.24) is 19.9 Å². The normalized spacial score (nSPS) is 11.1. The Kier molecular flexibility index (Phi) is 2.97. The quantitative estimate of drug-likeness (QED) is 0.818. The second-order valence-corrected chi connectivity index (χ2v) is 3.53. The summed E-state index contributed by atoms with van der Waals surface area (Å²) in [6.07, 6.45) is 6.81. The fraction of sp³-hybridized carbons (Fsp3) is 0.455. The first kappa shape index (κ1) is 10.1. The third-order valence-corrected chi connectivity index (χ3v) is 2.44. The zero-order valence-electron chi connectivity index (χ0n) is 9.20. The summed E-state index contributed by atoms with van der Waals surface area (Å²) in [5, 5.41) is 7.55. The minimum atomic E-state index is 0.848. The van der Waals surface area contributed by atoms with Gasteiger partial charge in [0.05, 0.1) is 6.20 Å². The minimum absolute atomic E-state index is 0.848. The Labute approximate surface area is 89.3 Å². The maximum absolute atomic E-state index is 4.43. The topological polar surface area (TPSA) is 42.2 Å². The van der Waals surface area contributed by atoms with E-state index in [4.69, 9.17) is 0 Å². The fourth-order valence-electron chi connectivity index (χ4n) is 1.57. The zero-order valence-corrected chi connectivity index (χ0v) is 9.20. The lowest BCUT2D eigenvalue weighted by Gasteiger charge is -2.02. The Morgan fingerprint density at radius 2 is 2.20 bits per heavy atom. The van der Waals surface area contributed by atoms with Crippen LogP contribution in [0.5, 0.6) is 0 Å². The van der Waals surface area contributed by atoms with Gasteiger partial charge in [-0.15, -0.1) is 0 Å². The summed E-state index contributed by atoms with van der Waals surface area (Å²) in [7, 11) is 0. The highest BCUT2D eigenvalue weighted by molar-refractivity contribution is 5.46. The number of nitrogens with zero attached hydrogens (tertiary/aromatic N) is 3. The lowest BCUT2D eigenvalue weighted by molar-refractivity contribution is 0.717. The minimum Gasteiger partial charge on any atom is -0.313 e. The van der Waals surface area contributed by atoms with Crippen LogP contribution in [0.15, 0.2) is 18.6 Å². The highest BCUT2D eigenvalue weighted by atomic mass is 15.2. The van der Waals surface area contributed by atoms with Gasteiger partial charge in [-0.25, -0.2) is 9.50 Å². The van der Waals surface area contributed by atoms with E-state index in [1.807, 2.05) is 23.1 Å². The molecular weight excluding hydrogens is 188 g/mol. The van der Waals surface area contributed by atoms with Crippen molar-refractivity contribution in [2.45, 2.75) is 26.8 Å². The molecule has 2 rings (SSSR count). The van der Waals surface area contributed by atoms with Gasteiger partial charge in [0.1, 0.15) is 0 Å². The van der Waals surface area contributed by atoms with E-state index in [0.29, 0.717) is 0 Å². The molecular formula is C11H16N4. The van der Waals surface area contributed by atoms with E-state index in [0.717, 1.165) is 30.7 Å². The van der Waals surface area contributed by atoms with Gasteiger partial charge in [-0.1, -0.05) is 13.8 Å². The average Bonchev–Trinajstić information content (AvgIpc) is 2.68. The van der Waals surface area contributed by atoms with Crippen LogP contribution in [0.4, 0.5) is 0 Å². The number of hydrogen-bond donors (Lipinski definition) is 1. The molecule has 0 saturated carbocycles. The molecule has 0 aliphatic carbocycles. The van der Waals surface area contributed by atoms with Crippen molar-refractivity contribution in [2.24, 2.45) is 0 Å². The monoisotopic (exact) mass is 204 g/mol. The van der Waals surface area contributed by atoms with Gasteiger partial charge < -0.3 is 5.32 Å². The second-order valence-electron chi connectivity index (χ2n) is 3.53. The predicted octanol–water partition coefficient (Wildman–Crippen LogP) is 1.40. The molecule has 15 heavy (non-hydrogen) atoms. The Bertz CT molecular complexity index is 447. The summed E-state index contributed by atoms with van der Waals surface area (Å²) in [6.45, 7) is 6.03. The van der Waals surface area contributed by atoms with Gasteiger partial charge in [-0.2, -0.15) is 5.10 Å². The first-order valence-corrected chi connectivity index (χ1v) is 5.37. The van der Waals surface area contributed by atoms with E-state index >= 15 is 0 Å². The van der Waals surface area contributed by atoms with Crippen molar-refractivity contribution in [3.63, 3.8) is 0 Å². The SMILES string of the molecule is CCNCc1cnc2c(CC)cnn2c1. The molecule has 80 valence electrons. The number of hydrogen-bond acceptors (Lipinski definition) is 3. The third-order valence-electron chi connectivity index (χ3n) is 2.44. The van der Waals surface area contributed by atoms with E-state index in [2.05, 4.69) is 29.2 Å². The maximum Gasteiger partial charge on any atom is 0.158 e. The number of aromatic nitrogens is 3. The van der Waals surface area contributed by atoms with Crippen LogP contribution in [0, 0.1) is 0 Å². The molecule has 0 amide bonds. The summed E-state index contributed by atoms with van der Waals surface area (Å²) < 4.78 is 1.85. The van der Waals surface area contributed by atoms with Crippen LogP contribution in [0.3, 0.4) is 0 Å². The highest BCUT2D eigenvalue weighted by Gasteiger charge is 2.03. The third kappa shape index (κ3) is 1.99. The standard InChI is InChI=1S/C11H16N4/c1-3-10-7-14-15-8-9(5-12-4-2)6-13-11(10)15/h6-8,12H,3-5H2,1-2H3. The van der Waals surface area contributed by atoms with Crippen LogP contribution in [-0.2, 0) is 13.0 Å². The average molecular weight is 204 g/mol. The van der Waals surface area contributed by atoms with Crippen molar-refractivity contribution in [3.8, 4) is 0 Å². The molecule has 1 N–H and O–H groups in total. The second kappa shape index (κ2) is 4.40. The summed E-state index contributed by atoms with van der Waals surface area (Å²) in [5.74, 6) is 0. The molecule has 0 aliphatic heterocycles. The Morgan fingerprint density at radius 3 is 2.93 bits per heavy atom. The molecule has 2 aromatic heterocycles. The van der Waals surface area contributed by atoms with Crippen LogP contribution in [0.2, 0.25) is 0 Å². The van der Waals surface area contributed by atoms with Crippen LogP contribution in [-0.4, -0.2) is 21.1 Å². The predicted molar refractivity (Wildman–Crippen MR) is 59.7 cm³/mol. The molecule has 0 atom stereocenters. The maximum atomic E-state index is 4.43. The van der Waals surface area contributed by atoms with E-state index in [9.17, 15) is 0 Å². The molecule has 0 radical (unpaired) electrons. The molecule has 4 heteroatoms. The Morgan fingerprint density at radius 1 is 1.33 bits per heavy atom. The molecule has 0 unspecified atom stereocenters. The van der Waals surface area contributed by atoms with E-state index in [1.165, 1.54) is 5.56 Å². The Hall–Kier alpha value is -1.42. The van der Waals surface area contributed by atoms with Crippen molar-refractivity contribution >= 4 is 5.65 Å². The number of rotatable bonds is 4. The lowest BCUT2D eigenvalue weighted by Crippen LogP contribution is -2.12. The lowest BCUT2D eigenvalue weighted by atomic mass is 10.2. The largest absolute Gasteiger partial charge is 0.313 e. The number of aryl methyl sites for hydroxylation is 1. The van der Waals surface area contributed by atoms with Crippen LogP contribution < -0.4 is 5.32 Å². The van der Waals surface area contributed by atoms with Crippen LogP contribution in [0.25, 0.3) is 5.65 Å². The zero-order chi connectivity index (χ0) is 10.7. The van der Waals surface area contributed by atoms with Crippen LogP contribution >= 0.6 is 0 Å². The van der Waals surface area contributed by atoms with Crippen molar-refractivity contribution < 1.29 is 0 Å². The molecule has 0 spiro atoms. The smallest absolute Gasteiger partial charge is 0.158 e. The molecule has 0 aromatic carbocycles. The summed E-state index contributed by atoms with van der Waals surface area (Å²) in [5.41, 5.74) is 3.33. The molecule has 0 fully saturated rings. The van der Waals surface area contributed by atoms with Gasteiger partial charge in [0.2, 0.25) is 0 Å². The van der Waals surface area contributed by atoms with E-state index in [-0.39, 0.29) is 0 Å². The van der Waals surface area contributed by atoms with Crippen molar-refractivity contribution in [2.75, 3.05) is 6.54 Å². The highest BCUT2D eigenvalue weighted by Crippen LogP contribution is 2.08. The number of fused-ring (bicyclic) bond motifs is 1. The first-order valence-electron chi connectivity index (χ1n) is 5.37. The van der Waals surface area contributed by atoms with E-state index < -0.39 is 0 Å². The van der Waals surface area contributed by atoms with E-state index in [1.54, 1.807) is 0 Å². The molecule has 4 nitrogen and oxygen atoms in total. The summed E-state index contributed by atoms with van der Waals surface area (Å²) in [4.78, 5) is 4.43. The van der Waals surface area contributed by atoms with Gasteiger partial charge in [0, 0.05) is 30.1 Å². The Balaban J connectivity index is 2.31. The van der Waals surface area contributed by atoms with Crippen LogP contribution in [0.1, 0.15) is 25.0 Å². The molecule has 0 saturated heterocycles. The van der Waals surface area contributed by atoms with Crippen molar-refractivity contribution in [1.29, 1.82) is 0 Å². The molecule has 2 heterocycles. The van der Waals surface area contributed by atoms with Gasteiger partial charge in [0.15, 0.2) is 5.65 Å². The fourth-order valence-corrected chi connectivity index (χ4v) is 1.57. The van der Waals surface area contributed by atoms with Gasteiger partial charge >= 0.3 is 0 Å². The summed E-state index contributed by atoms with van der Waals surface area (Å²) >= 11 is 0. The van der Waals surface area contributed by atoms with Crippen molar-refractivity contribution in [3.05, 3.63) is 29.7 Å². The number of nitrogens with one attached hydrogen (secondary N) is 1. The van der Waals surface area contributed by atoms with Gasteiger partial charge in [-0.05, 0) is 13.0 Å². The molecule has 0 aliphatic rings.